The van der Waals surface area contributed by atoms with Gasteiger partial charge in [-0.3, -0.25) is 5.01 Å². The van der Waals surface area contributed by atoms with Crippen molar-refractivity contribution in [2.45, 2.75) is 6.54 Å². The van der Waals surface area contributed by atoms with E-state index in [2.05, 4.69) is 23.3 Å². The smallest absolute Gasteiger partial charge is 0.0991 e. The fraction of sp³-hybridized carbons (Fsp3) is 0.0667. The SMILES string of the molecule is N#Cc1ccc(N2Cc3ccccc3C=N2)cc1. The highest BCUT2D eigenvalue weighted by Crippen LogP contribution is 2.22. The highest BCUT2D eigenvalue weighted by atomic mass is 15.5. The van der Waals surface area contributed by atoms with E-state index >= 15 is 0 Å². The van der Waals surface area contributed by atoms with Gasteiger partial charge < -0.3 is 0 Å². The molecule has 1 heterocycles. The number of fused-ring (bicyclic) bond motifs is 1. The minimum Gasteiger partial charge on any atom is -0.261 e. The molecule has 0 amide bonds. The predicted molar refractivity (Wildman–Crippen MR) is 71.4 cm³/mol. The quantitative estimate of drug-likeness (QED) is 0.759. The van der Waals surface area contributed by atoms with Crippen LogP contribution in [0.2, 0.25) is 0 Å². The molecule has 0 saturated heterocycles. The summed E-state index contributed by atoms with van der Waals surface area (Å²) >= 11 is 0. The molecule has 1 aliphatic rings. The highest BCUT2D eigenvalue weighted by molar-refractivity contribution is 5.84. The summed E-state index contributed by atoms with van der Waals surface area (Å²) in [5.41, 5.74) is 4.10. The molecule has 0 saturated carbocycles. The predicted octanol–water partition coefficient (Wildman–Crippen LogP) is 2.91. The summed E-state index contributed by atoms with van der Waals surface area (Å²) in [6.45, 7) is 0.762. The summed E-state index contributed by atoms with van der Waals surface area (Å²) in [6, 6.07) is 17.8. The maximum atomic E-state index is 8.78. The molecule has 0 radical (unpaired) electrons. The Hall–Kier alpha value is -2.60. The van der Waals surface area contributed by atoms with Gasteiger partial charge in [-0.25, -0.2) is 0 Å². The molecule has 18 heavy (non-hydrogen) atoms. The van der Waals surface area contributed by atoms with Crippen molar-refractivity contribution >= 4 is 11.9 Å². The third kappa shape index (κ3) is 1.85. The molecule has 0 bridgehead atoms. The van der Waals surface area contributed by atoms with Crippen LogP contribution in [-0.4, -0.2) is 6.21 Å². The van der Waals surface area contributed by atoms with Gasteiger partial charge >= 0.3 is 0 Å². The van der Waals surface area contributed by atoms with Crippen molar-refractivity contribution in [3.63, 3.8) is 0 Å². The van der Waals surface area contributed by atoms with Crippen molar-refractivity contribution in [1.82, 2.24) is 0 Å². The normalized spacial score (nSPS) is 12.9. The van der Waals surface area contributed by atoms with E-state index in [1.165, 1.54) is 11.1 Å². The lowest BCUT2D eigenvalue weighted by atomic mass is 10.1. The van der Waals surface area contributed by atoms with Crippen molar-refractivity contribution in [1.29, 1.82) is 5.26 Å². The first-order chi connectivity index (χ1) is 8.86. The Kier molecular flexibility index (Phi) is 2.54. The average Bonchev–Trinajstić information content (AvgIpc) is 2.47. The highest BCUT2D eigenvalue weighted by Gasteiger charge is 2.12. The Labute approximate surface area is 106 Å². The van der Waals surface area contributed by atoms with Crippen molar-refractivity contribution in [3.05, 3.63) is 65.2 Å². The summed E-state index contributed by atoms with van der Waals surface area (Å²) in [6.07, 6.45) is 1.87. The summed E-state index contributed by atoms with van der Waals surface area (Å²) in [5, 5.41) is 15.1. The molecule has 3 nitrogen and oxygen atoms in total. The van der Waals surface area contributed by atoms with Crippen LogP contribution in [0.5, 0.6) is 0 Å². The van der Waals surface area contributed by atoms with Crippen LogP contribution in [0.3, 0.4) is 0 Å². The Morgan fingerprint density at radius 2 is 1.83 bits per heavy atom. The van der Waals surface area contributed by atoms with Crippen LogP contribution >= 0.6 is 0 Å². The molecule has 0 fully saturated rings. The van der Waals surface area contributed by atoms with E-state index in [1.807, 2.05) is 47.6 Å². The van der Waals surface area contributed by atoms with E-state index < -0.39 is 0 Å². The van der Waals surface area contributed by atoms with E-state index in [0.717, 1.165) is 12.2 Å². The van der Waals surface area contributed by atoms with E-state index in [1.54, 1.807) is 0 Å². The summed E-state index contributed by atoms with van der Waals surface area (Å²) in [5.74, 6) is 0. The van der Waals surface area contributed by atoms with Crippen LogP contribution in [-0.2, 0) is 6.54 Å². The van der Waals surface area contributed by atoms with Gasteiger partial charge in [0.05, 0.1) is 30.1 Å². The van der Waals surface area contributed by atoms with Gasteiger partial charge in [0.1, 0.15) is 0 Å². The number of hydrogen-bond acceptors (Lipinski definition) is 3. The lowest BCUT2D eigenvalue weighted by Gasteiger charge is -2.23. The number of rotatable bonds is 1. The molecule has 2 aromatic rings. The van der Waals surface area contributed by atoms with Gasteiger partial charge in [-0.2, -0.15) is 10.4 Å². The van der Waals surface area contributed by atoms with E-state index in [4.69, 9.17) is 5.26 Å². The number of anilines is 1. The monoisotopic (exact) mass is 233 g/mol. The average molecular weight is 233 g/mol. The molecule has 0 N–H and O–H groups in total. The van der Waals surface area contributed by atoms with Crippen molar-refractivity contribution in [2.24, 2.45) is 5.10 Å². The van der Waals surface area contributed by atoms with Gasteiger partial charge in [-0.15, -0.1) is 0 Å². The maximum absolute atomic E-state index is 8.78. The van der Waals surface area contributed by atoms with Gasteiger partial charge in [-0.05, 0) is 35.4 Å². The van der Waals surface area contributed by atoms with Crippen molar-refractivity contribution in [3.8, 4) is 6.07 Å². The third-order valence-electron chi connectivity index (χ3n) is 3.01. The van der Waals surface area contributed by atoms with Crippen LogP contribution in [0.15, 0.2) is 53.6 Å². The summed E-state index contributed by atoms with van der Waals surface area (Å²) in [4.78, 5) is 0. The molecular formula is C15H11N3. The largest absolute Gasteiger partial charge is 0.261 e. The fourth-order valence-corrected chi connectivity index (χ4v) is 2.00. The topological polar surface area (TPSA) is 39.4 Å². The molecule has 0 aromatic heterocycles. The number of nitriles is 1. The first kappa shape index (κ1) is 10.5. The standard InChI is InChI=1S/C15H11N3/c16-9-12-5-7-15(8-6-12)18-11-14-4-2-1-3-13(14)10-17-18/h1-8,10H,11H2. The van der Waals surface area contributed by atoms with Crippen LogP contribution in [0, 0.1) is 11.3 Å². The summed E-state index contributed by atoms with van der Waals surface area (Å²) < 4.78 is 0. The maximum Gasteiger partial charge on any atom is 0.0991 e. The molecule has 86 valence electrons. The molecular weight excluding hydrogens is 222 g/mol. The van der Waals surface area contributed by atoms with Gasteiger partial charge in [0.2, 0.25) is 0 Å². The second-order valence-corrected chi connectivity index (χ2v) is 4.16. The van der Waals surface area contributed by atoms with Crippen molar-refractivity contribution in [2.75, 3.05) is 5.01 Å². The minimum atomic E-state index is 0.667. The molecule has 3 heteroatoms. The van der Waals surface area contributed by atoms with Gasteiger partial charge in [0.15, 0.2) is 0 Å². The molecule has 2 aromatic carbocycles. The minimum absolute atomic E-state index is 0.667. The van der Waals surface area contributed by atoms with Crippen LogP contribution in [0.4, 0.5) is 5.69 Å². The molecule has 0 aliphatic carbocycles. The number of hydrazone groups is 1. The van der Waals surface area contributed by atoms with Crippen LogP contribution < -0.4 is 5.01 Å². The Bertz CT molecular complexity index is 636. The van der Waals surface area contributed by atoms with Crippen LogP contribution in [0.1, 0.15) is 16.7 Å². The van der Waals surface area contributed by atoms with Gasteiger partial charge in [0, 0.05) is 0 Å². The Morgan fingerprint density at radius 3 is 2.61 bits per heavy atom. The second-order valence-electron chi connectivity index (χ2n) is 4.16. The molecule has 0 unspecified atom stereocenters. The Balaban J connectivity index is 1.90. The van der Waals surface area contributed by atoms with E-state index in [9.17, 15) is 0 Å². The van der Waals surface area contributed by atoms with Gasteiger partial charge in [0.25, 0.3) is 0 Å². The zero-order valence-electron chi connectivity index (χ0n) is 9.74. The van der Waals surface area contributed by atoms with Crippen LogP contribution in [0.25, 0.3) is 0 Å². The number of nitrogens with zero attached hydrogens (tertiary/aromatic N) is 3. The number of benzene rings is 2. The van der Waals surface area contributed by atoms with E-state index in [0.29, 0.717) is 5.56 Å². The molecule has 0 atom stereocenters. The lowest BCUT2D eigenvalue weighted by molar-refractivity contribution is 0.843. The fourth-order valence-electron chi connectivity index (χ4n) is 2.00. The molecule has 0 spiro atoms. The van der Waals surface area contributed by atoms with Gasteiger partial charge in [-0.1, -0.05) is 24.3 Å². The second kappa shape index (κ2) is 4.34. The lowest BCUT2D eigenvalue weighted by Crippen LogP contribution is -2.20. The summed E-state index contributed by atoms with van der Waals surface area (Å²) in [7, 11) is 0. The van der Waals surface area contributed by atoms with Crippen molar-refractivity contribution < 1.29 is 0 Å². The molecule has 3 rings (SSSR count). The first-order valence-corrected chi connectivity index (χ1v) is 5.76. The third-order valence-corrected chi connectivity index (χ3v) is 3.01. The first-order valence-electron chi connectivity index (χ1n) is 5.76. The van der Waals surface area contributed by atoms with E-state index in [-0.39, 0.29) is 0 Å². The number of hydrogen-bond donors (Lipinski definition) is 0. The molecule has 1 aliphatic heterocycles. The zero-order valence-corrected chi connectivity index (χ0v) is 9.74. The Morgan fingerprint density at radius 1 is 1.06 bits per heavy atom. The zero-order chi connectivity index (χ0) is 12.4.